The molecule has 1 aliphatic rings. The smallest absolute Gasteiger partial charge is 0.237 e. The number of aldehydes is 1. The summed E-state index contributed by atoms with van der Waals surface area (Å²) in [6.07, 6.45) is 3.24. The molecule has 4 nitrogen and oxygen atoms in total. The van der Waals surface area contributed by atoms with Crippen molar-refractivity contribution in [3.05, 3.63) is 0 Å². The number of amides is 1. The van der Waals surface area contributed by atoms with E-state index in [0.29, 0.717) is 13.0 Å². The van der Waals surface area contributed by atoms with Crippen molar-refractivity contribution < 1.29 is 9.59 Å². The monoisotopic (exact) mass is 184 g/mol. The van der Waals surface area contributed by atoms with Crippen LogP contribution >= 0.6 is 0 Å². The second-order valence-corrected chi connectivity index (χ2v) is 3.39. The molecule has 1 fully saturated rings. The number of likely N-dealkylation sites (tertiary alicyclic amines) is 1. The number of hydrogen-bond donors (Lipinski definition) is 1. The fraction of sp³-hybridized carbons (Fsp3) is 0.778. The van der Waals surface area contributed by atoms with Crippen LogP contribution in [-0.4, -0.2) is 43.3 Å². The summed E-state index contributed by atoms with van der Waals surface area (Å²) in [5, 5.41) is 2.74. The molecular weight excluding hydrogens is 168 g/mol. The van der Waals surface area contributed by atoms with Crippen LogP contribution in [0, 0.1) is 0 Å². The quantitative estimate of drug-likeness (QED) is 0.485. The summed E-state index contributed by atoms with van der Waals surface area (Å²) < 4.78 is 0. The van der Waals surface area contributed by atoms with Crippen LogP contribution in [0.5, 0.6) is 0 Å². The van der Waals surface area contributed by atoms with Crippen molar-refractivity contribution in [1.29, 1.82) is 0 Å². The van der Waals surface area contributed by atoms with Crippen LogP contribution in [0.15, 0.2) is 0 Å². The first-order valence-corrected chi connectivity index (χ1v) is 4.67. The summed E-state index contributed by atoms with van der Waals surface area (Å²) in [6.45, 7) is 1.46. The highest BCUT2D eigenvalue weighted by Gasteiger charge is 2.26. The maximum atomic E-state index is 11.5. The third kappa shape index (κ3) is 2.81. The lowest BCUT2D eigenvalue weighted by molar-refractivity contribution is -0.125. The molecule has 74 valence electrons. The molecule has 1 rings (SSSR count). The van der Waals surface area contributed by atoms with Gasteiger partial charge in [0.25, 0.3) is 0 Å². The fourth-order valence-corrected chi connectivity index (χ4v) is 1.61. The highest BCUT2D eigenvalue weighted by molar-refractivity contribution is 5.82. The molecule has 4 heteroatoms. The Morgan fingerprint density at radius 2 is 2.46 bits per heavy atom. The van der Waals surface area contributed by atoms with Crippen molar-refractivity contribution in [2.75, 3.05) is 20.1 Å². The van der Waals surface area contributed by atoms with Gasteiger partial charge in [0.2, 0.25) is 5.91 Å². The summed E-state index contributed by atoms with van der Waals surface area (Å²) in [7, 11) is 1.96. The molecule has 1 N–H and O–H groups in total. The maximum absolute atomic E-state index is 11.5. The van der Waals surface area contributed by atoms with E-state index in [1.807, 2.05) is 7.05 Å². The van der Waals surface area contributed by atoms with Gasteiger partial charge in [0.15, 0.2) is 0 Å². The minimum absolute atomic E-state index is 0.0200. The molecule has 0 spiro atoms. The van der Waals surface area contributed by atoms with E-state index in [4.69, 9.17) is 0 Å². The second-order valence-electron chi connectivity index (χ2n) is 3.39. The van der Waals surface area contributed by atoms with Crippen LogP contribution in [0.3, 0.4) is 0 Å². The Labute approximate surface area is 78.3 Å². The highest BCUT2D eigenvalue weighted by atomic mass is 16.2. The second kappa shape index (κ2) is 4.97. The van der Waals surface area contributed by atoms with Crippen LogP contribution in [0.2, 0.25) is 0 Å². The third-order valence-electron chi connectivity index (χ3n) is 2.38. The van der Waals surface area contributed by atoms with Gasteiger partial charge in [0, 0.05) is 13.0 Å². The Bertz CT molecular complexity index is 194. The van der Waals surface area contributed by atoms with E-state index in [2.05, 4.69) is 10.2 Å². The molecule has 0 aliphatic carbocycles. The first-order valence-electron chi connectivity index (χ1n) is 4.67. The van der Waals surface area contributed by atoms with Gasteiger partial charge in [-0.3, -0.25) is 9.69 Å². The maximum Gasteiger partial charge on any atom is 0.237 e. The largest absolute Gasteiger partial charge is 0.354 e. The summed E-state index contributed by atoms with van der Waals surface area (Å²) >= 11 is 0. The lowest BCUT2D eigenvalue weighted by atomic mass is 10.2. The summed E-state index contributed by atoms with van der Waals surface area (Å²) in [6, 6.07) is 0.0200. The molecule has 1 amide bonds. The Morgan fingerprint density at radius 1 is 1.69 bits per heavy atom. The number of nitrogens with one attached hydrogen (secondary N) is 1. The van der Waals surface area contributed by atoms with Gasteiger partial charge in [-0.05, 0) is 26.4 Å². The molecule has 1 aliphatic heterocycles. The van der Waals surface area contributed by atoms with E-state index in [1.165, 1.54) is 0 Å². The van der Waals surface area contributed by atoms with E-state index in [9.17, 15) is 9.59 Å². The van der Waals surface area contributed by atoms with Gasteiger partial charge < -0.3 is 10.1 Å². The van der Waals surface area contributed by atoms with Gasteiger partial charge in [-0.15, -0.1) is 0 Å². The van der Waals surface area contributed by atoms with Crippen LogP contribution in [0.4, 0.5) is 0 Å². The molecule has 1 atom stereocenters. The van der Waals surface area contributed by atoms with E-state index in [0.717, 1.165) is 25.7 Å². The SMILES string of the molecule is CN1CCCC1C(=O)NCCC=O. The predicted octanol–water partition coefficient (Wildman–Crippen LogP) is -0.214. The first-order chi connectivity index (χ1) is 6.25. The Kier molecular flexibility index (Phi) is 3.89. The highest BCUT2D eigenvalue weighted by Crippen LogP contribution is 2.14. The average molecular weight is 184 g/mol. The van der Waals surface area contributed by atoms with Crippen molar-refractivity contribution in [3.63, 3.8) is 0 Å². The molecule has 1 saturated heterocycles. The van der Waals surface area contributed by atoms with Gasteiger partial charge in [-0.1, -0.05) is 0 Å². The van der Waals surface area contributed by atoms with Crippen LogP contribution in [0.25, 0.3) is 0 Å². The summed E-state index contributed by atoms with van der Waals surface area (Å²) in [5.41, 5.74) is 0. The Hall–Kier alpha value is -0.900. The van der Waals surface area contributed by atoms with Crippen molar-refractivity contribution in [2.45, 2.75) is 25.3 Å². The molecular formula is C9H16N2O2. The van der Waals surface area contributed by atoms with Crippen LogP contribution in [-0.2, 0) is 9.59 Å². The molecule has 1 unspecified atom stereocenters. The molecule has 1 heterocycles. The minimum Gasteiger partial charge on any atom is -0.354 e. The van der Waals surface area contributed by atoms with Crippen molar-refractivity contribution in [3.8, 4) is 0 Å². The van der Waals surface area contributed by atoms with Gasteiger partial charge in [-0.25, -0.2) is 0 Å². The van der Waals surface area contributed by atoms with Gasteiger partial charge in [-0.2, -0.15) is 0 Å². The standard InChI is InChI=1S/C9H16N2O2/c1-11-6-2-4-8(11)9(13)10-5-3-7-12/h7-8H,2-6H2,1H3,(H,10,13). The average Bonchev–Trinajstić information content (AvgIpc) is 2.52. The number of carbonyl (C=O) groups is 2. The number of carbonyl (C=O) groups excluding carboxylic acids is 2. The number of hydrogen-bond acceptors (Lipinski definition) is 3. The molecule has 0 bridgehead atoms. The number of likely N-dealkylation sites (N-methyl/N-ethyl adjacent to an activating group) is 1. The molecule has 0 aromatic carbocycles. The molecule has 13 heavy (non-hydrogen) atoms. The van der Waals surface area contributed by atoms with Crippen molar-refractivity contribution in [1.82, 2.24) is 10.2 Å². The van der Waals surface area contributed by atoms with Crippen LogP contribution in [0.1, 0.15) is 19.3 Å². The van der Waals surface area contributed by atoms with Gasteiger partial charge >= 0.3 is 0 Å². The van der Waals surface area contributed by atoms with Gasteiger partial charge in [0.05, 0.1) is 6.04 Å². The number of nitrogens with zero attached hydrogens (tertiary/aromatic N) is 1. The summed E-state index contributed by atoms with van der Waals surface area (Å²) in [4.78, 5) is 23.5. The normalized spacial score (nSPS) is 23.0. The van der Waals surface area contributed by atoms with Gasteiger partial charge in [0.1, 0.15) is 6.29 Å². The van der Waals surface area contributed by atoms with Crippen molar-refractivity contribution >= 4 is 12.2 Å². The van der Waals surface area contributed by atoms with E-state index < -0.39 is 0 Å². The van der Waals surface area contributed by atoms with E-state index in [-0.39, 0.29) is 11.9 Å². The van der Waals surface area contributed by atoms with E-state index in [1.54, 1.807) is 0 Å². The zero-order valence-electron chi connectivity index (χ0n) is 7.95. The zero-order chi connectivity index (χ0) is 9.68. The molecule has 0 saturated carbocycles. The minimum atomic E-state index is 0.0200. The molecule has 0 aromatic rings. The fourth-order valence-electron chi connectivity index (χ4n) is 1.61. The third-order valence-corrected chi connectivity index (χ3v) is 2.38. The summed E-state index contributed by atoms with van der Waals surface area (Å²) in [5.74, 6) is 0.0573. The lowest BCUT2D eigenvalue weighted by Crippen LogP contribution is -2.41. The van der Waals surface area contributed by atoms with Crippen LogP contribution < -0.4 is 5.32 Å². The Balaban J connectivity index is 2.26. The topological polar surface area (TPSA) is 49.4 Å². The Morgan fingerprint density at radius 3 is 3.00 bits per heavy atom. The first kappa shape index (κ1) is 10.2. The van der Waals surface area contributed by atoms with Crippen molar-refractivity contribution in [2.24, 2.45) is 0 Å². The lowest BCUT2D eigenvalue weighted by Gasteiger charge is -2.18. The van der Waals surface area contributed by atoms with E-state index >= 15 is 0 Å². The zero-order valence-corrected chi connectivity index (χ0v) is 7.95. The predicted molar refractivity (Wildman–Crippen MR) is 49.3 cm³/mol. The molecule has 0 radical (unpaired) electrons. The molecule has 0 aromatic heterocycles. The number of rotatable bonds is 4.